The first-order chi connectivity index (χ1) is 18.9. The number of hydrogen-bond acceptors (Lipinski definition) is 8. The third kappa shape index (κ3) is 4.50. The van der Waals surface area contributed by atoms with Crippen LogP contribution in [0.5, 0.6) is 5.75 Å². The Morgan fingerprint density at radius 3 is 2.51 bits per heavy atom. The molecular weight excluding hydrogens is 555 g/mol. The molecule has 2 aliphatic heterocycles. The Morgan fingerprint density at radius 2 is 1.82 bits per heavy atom. The highest BCUT2D eigenvalue weighted by Gasteiger charge is 2.57. The Labute approximate surface area is 236 Å². The highest BCUT2D eigenvalue weighted by Crippen LogP contribution is 2.54. The van der Waals surface area contributed by atoms with Crippen LogP contribution in [0.15, 0.2) is 75.9 Å². The van der Waals surface area contributed by atoms with E-state index in [1.54, 1.807) is 37.4 Å². The van der Waals surface area contributed by atoms with E-state index in [4.69, 9.17) is 4.74 Å². The molecule has 2 aromatic carbocycles. The van der Waals surface area contributed by atoms with E-state index >= 15 is 0 Å². The number of carbonyl (C=O) groups excluding carboxylic acids is 3. The van der Waals surface area contributed by atoms with Crippen LogP contribution in [0.3, 0.4) is 0 Å². The van der Waals surface area contributed by atoms with Gasteiger partial charge in [-0.25, -0.2) is 4.90 Å². The Kier molecular flexibility index (Phi) is 6.66. The summed E-state index contributed by atoms with van der Waals surface area (Å²) >= 11 is 3.74. The Hall–Kier alpha value is -3.67. The van der Waals surface area contributed by atoms with Gasteiger partial charge in [-0.2, -0.15) is 0 Å². The summed E-state index contributed by atoms with van der Waals surface area (Å²) in [5.41, 5.74) is 2.13. The number of thioether (sulfide) groups is 1. The van der Waals surface area contributed by atoms with Crippen molar-refractivity contribution in [3.8, 4) is 5.75 Å². The quantitative estimate of drug-likeness (QED) is 0.333. The van der Waals surface area contributed by atoms with Crippen LogP contribution in [-0.2, 0) is 20.9 Å². The van der Waals surface area contributed by atoms with Crippen molar-refractivity contribution < 1.29 is 19.1 Å². The number of anilines is 2. The van der Waals surface area contributed by atoms with E-state index in [-0.39, 0.29) is 29.1 Å². The summed E-state index contributed by atoms with van der Waals surface area (Å²) in [4.78, 5) is 56.3. The molecule has 11 heteroatoms. The SMILES string of the molecule is COc1ccc(N2C(=O)C3Sc4c(sc(=O)n4CC(=O)Nc4cccc(C)c4)C(c4cccs4)C3C2=O)cc1. The second-order valence-electron chi connectivity index (χ2n) is 9.31. The number of amides is 3. The summed E-state index contributed by atoms with van der Waals surface area (Å²) < 4.78 is 6.65. The van der Waals surface area contributed by atoms with Gasteiger partial charge in [0.1, 0.15) is 17.5 Å². The van der Waals surface area contributed by atoms with Crippen LogP contribution in [0.2, 0.25) is 0 Å². The minimum atomic E-state index is -0.723. The van der Waals surface area contributed by atoms with Crippen LogP contribution in [-0.4, -0.2) is 34.6 Å². The molecule has 0 spiro atoms. The first-order valence-corrected chi connectivity index (χ1v) is 14.7. The number of fused-ring (bicyclic) bond motifs is 2. The highest BCUT2D eigenvalue weighted by molar-refractivity contribution is 8.00. The maximum Gasteiger partial charge on any atom is 0.308 e. The van der Waals surface area contributed by atoms with Crippen molar-refractivity contribution >= 4 is 63.5 Å². The lowest BCUT2D eigenvalue weighted by Gasteiger charge is -2.29. The molecule has 0 radical (unpaired) electrons. The lowest BCUT2D eigenvalue weighted by atomic mass is 9.87. The van der Waals surface area contributed by atoms with Crippen molar-refractivity contribution in [2.75, 3.05) is 17.3 Å². The zero-order valence-corrected chi connectivity index (χ0v) is 23.4. The van der Waals surface area contributed by atoms with Crippen LogP contribution in [0.25, 0.3) is 0 Å². The number of nitrogens with one attached hydrogen (secondary N) is 1. The zero-order chi connectivity index (χ0) is 27.3. The molecule has 0 aliphatic carbocycles. The van der Waals surface area contributed by atoms with E-state index in [2.05, 4.69) is 5.32 Å². The van der Waals surface area contributed by atoms with Gasteiger partial charge in [0.05, 0.1) is 23.7 Å². The smallest absolute Gasteiger partial charge is 0.308 e. The molecule has 4 aromatic rings. The Morgan fingerprint density at radius 1 is 1.03 bits per heavy atom. The molecule has 39 heavy (non-hydrogen) atoms. The number of thiophene rings is 1. The Balaban J connectivity index is 1.37. The molecule has 1 fully saturated rings. The molecule has 2 aliphatic rings. The number of thiazole rings is 1. The standard InChI is InChI=1S/C28H23N3O5S3/c1-15-5-3-6-16(13-15)29-20(32)14-30-27-24(39-28(30)35)21(19-7-4-12-37-19)22-23(38-27)26(34)31(25(22)33)17-8-10-18(36-2)11-9-17/h3-13,21-23H,14H2,1-2H3,(H,29,32). The van der Waals surface area contributed by atoms with Gasteiger partial charge in [-0.05, 0) is 60.3 Å². The van der Waals surface area contributed by atoms with Crippen LogP contribution in [0.4, 0.5) is 11.4 Å². The van der Waals surface area contributed by atoms with Crippen molar-refractivity contribution in [1.82, 2.24) is 4.57 Å². The third-order valence-corrected chi connectivity index (χ3v) is 10.4. The fourth-order valence-corrected chi connectivity index (χ4v) is 8.80. The number of imide groups is 1. The largest absolute Gasteiger partial charge is 0.497 e. The highest BCUT2D eigenvalue weighted by atomic mass is 32.2. The average molecular weight is 578 g/mol. The van der Waals surface area contributed by atoms with Crippen LogP contribution in [0.1, 0.15) is 21.2 Å². The molecule has 6 rings (SSSR count). The predicted octanol–water partition coefficient (Wildman–Crippen LogP) is 4.72. The molecule has 1 saturated heterocycles. The van der Waals surface area contributed by atoms with Gasteiger partial charge in [-0.15, -0.1) is 11.3 Å². The number of carbonyl (C=O) groups is 3. The second kappa shape index (κ2) is 10.1. The van der Waals surface area contributed by atoms with E-state index < -0.39 is 17.1 Å². The van der Waals surface area contributed by atoms with Gasteiger partial charge in [-0.3, -0.25) is 23.7 Å². The third-order valence-electron chi connectivity index (χ3n) is 6.83. The number of nitrogens with zero attached hydrogens (tertiary/aromatic N) is 2. The fourth-order valence-electron chi connectivity index (χ4n) is 5.08. The number of hydrogen-bond donors (Lipinski definition) is 1. The first-order valence-electron chi connectivity index (χ1n) is 12.2. The molecule has 3 amide bonds. The topological polar surface area (TPSA) is 97.7 Å². The van der Waals surface area contributed by atoms with Gasteiger partial charge in [-0.1, -0.05) is 41.3 Å². The van der Waals surface area contributed by atoms with Crippen LogP contribution >= 0.6 is 34.4 Å². The van der Waals surface area contributed by atoms with E-state index in [0.29, 0.717) is 22.2 Å². The number of methoxy groups -OCH3 is 1. The molecule has 0 saturated carbocycles. The lowest BCUT2D eigenvalue weighted by molar-refractivity contribution is -0.122. The lowest BCUT2D eigenvalue weighted by Crippen LogP contribution is -2.32. The van der Waals surface area contributed by atoms with Crippen molar-refractivity contribution in [3.05, 3.63) is 91.0 Å². The average Bonchev–Trinajstić information content (AvgIpc) is 3.62. The van der Waals surface area contributed by atoms with E-state index in [0.717, 1.165) is 26.7 Å². The first kappa shape index (κ1) is 25.6. The molecule has 1 N–H and O–H groups in total. The summed E-state index contributed by atoms with van der Waals surface area (Å²) in [6.45, 7) is 1.74. The van der Waals surface area contributed by atoms with Gasteiger partial charge < -0.3 is 10.1 Å². The van der Waals surface area contributed by atoms with Gasteiger partial charge in [0.25, 0.3) is 0 Å². The molecule has 0 bridgehead atoms. The van der Waals surface area contributed by atoms with Crippen molar-refractivity contribution in [2.24, 2.45) is 5.92 Å². The number of aryl methyl sites for hydroxylation is 1. The molecule has 3 atom stereocenters. The number of aromatic nitrogens is 1. The van der Waals surface area contributed by atoms with Gasteiger partial charge in [0.15, 0.2) is 0 Å². The summed E-state index contributed by atoms with van der Waals surface area (Å²) in [5.74, 6) is -1.46. The molecule has 198 valence electrons. The minimum Gasteiger partial charge on any atom is -0.497 e. The summed E-state index contributed by atoms with van der Waals surface area (Å²) in [7, 11) is 1.55. The number of rotatable bonds is 6. The van der Waals surface area contributed by atoms with Gasteiger partial charge in [0, 0.05) is 21.4 Å². The zero-order valence-electron chi connectivity index (χ0n) is 21.0. The van der Waals surface area contributed by atoms with Crippen LogP contribution < -0.4 is 19.8 Å². The number of benzene rings is 2. The van der Waals surface area contributed by atoms with Gasteiger partial charge >= 0.3 is 4.87 Å². The molecule has 4 heterocycles. The van der Waals surface area contributed by atoms with Crippen LogP contribution in [0, 0.1) is 12.8 Å². The normalized spacial score (nSPS) is 20.1. The van der Waals surface area contributed by atoms with Crippen molar-refractivity contribution in [1.29, 1.82) is 0 Å². The molecule has 8 nitrogen and oxygen atoms in total. The fraction of sp³-hybridized carbons (Fsp3) is 0.214. The summed E-state index contributed by atoms with van der Waals surface area (Å²) in [6, 6.07) is 18.1. The Bertz CT molecular complexity index is 1640. The minimum absolute atomic E-state index is 0.190. The van der Waals surface area contributed by atoms with Gasteiger partial charge in [0.2, 0.25) is 17.7 Å². The maximum absolute atomic E-state index is 13.8. The molecule has 2 aromatic heterocycles. The summed E-state index contributed by atoms with van der Waals surface area (Å²) in [5, 5.41) is 4.62. The van der Waals surface area contributed by atoms with E-state index in [9.17, 15) is 19.2 Å². The van der Waals surface area contributed by atoms with E-state index in [1.807, 2.05) is 42.6 Å². The molecule has 3 unspecified atom stereocenters. The van der Waals surface area contributed by atoms with Crippen molar-refractivity contribution in [3.63, 3.8) is 0 Å². The van der Waals surface area contributed by atoms with Crippen molar-refractivity contribution in [2.45, 2.75) is 29.7 Å². The maximum atomic E-state index is 13.8. The monoisotopic (exact) mass is 577 g/mol. The number of ether oxygens (including phenoxy) is 1. The summed E-state index contributed by atoms with van der Waals surface area (Å²) in [6.07, 6.45) is 0. The predicted molar refractivity (Wildman–Crippen MR) is 153 cm³/mol. The molecular formula is C28H23N3O5S3. The van der Waals surface area contributed by atoms with E-state index in [1.165, 1.54) is 32.6 Å². The second-order valence-corrected chi connectivity index (χ2v) is 12.4.